The number of nitrogens with zero attached hydrogens (tertiary/aromatic N) is 6. The number of benzene rings is 1. The molecule has 22 heavy (non-hydrogen) atoms. The van der Waals surface area contributed by atoms with Gasteiger partial charge >= 0.3 is 0 Å². The molecular weight excluding hydrogens is 280 g/mol. The molecule has 0 unspecified atom stereocenters. The zero-order chi connectivity index (χ0) is 15.7. The molecule has 7 heteroatoms. The molecule has 0 atom stereocenters. The van der Waals surface area contributed by atoms with Crippen LogP contribution in [0.1, 0.15) is 38.0 Å². The zero-order valence-electron chi connectivity index (χ0n) is 13.1. The van der Waals surface area contributed by atoms with E-state index in [1.54, 1.807) is 4.68 Å². The molecule has 2 aromatic heterocycles. The molecule has 3 rings (SSSR count). The summed E-state index contributed by atoms with van der Waals surface area (Å²) in [6.45, 7) is 8.55. The van der Waals surface area contributed by atoms with Gasteiger partial charge in [0.2, 0.25) is 11.7 Å². The number of rotatable bonds is 3. The van der Waals surface area contributed by atoms with Gasteiger partial charge in [-0.2, -0.15) is 4.98 Å². The molecular formula is C15H18N6O. The first-order chi connectivity index (χ1) is 10.4. The maximum atomic E-state index is 5.34. The lowest BCUT2D eigenvalue weighted by atomic mass is 9.96. The van der Waals surface area contributed by atoms with Gasteiger partial charge in [0.25, 0.3) is 0 Å². The van der Waals surface area contributed by atoms with Gasteiger partial charge < -0.3 is 4.52 Å². The minimum atomic E-state index is -0.150. The SMILES string of the molecule is Cc1ccccc1-c1noc(Cn2nnnc2C(C)(C)C)n1. The van der Waals surface area contributed by atoms with Crippen molar-refractivity contribution in [1.29, 1.82) is 0 Å². The highest BCUT2D eigenvalue weighted by molar-refractivity contribution is 5.58. The van der Waals surface area contributed by atoms with Crippen molar-refractivity contribution in [3.63, 3.8) is 0 Å². The summed E-state index contributed by atoms with van der Waals surface area (Å²) in [5.74, 6) is 1.85. The number of hydrogen-bond donors (Lipinski definition) is 0. The molecule has 0 aliphatic heterocycles. The summed E-state index contributed by atoms with van der Waals surface area (Å²) in [6, 6.07) is 7.93. The molecule has 0 fully saturated rings. The number of aromatic nitrogens is 6. The second-order valence-electron chi connectivity index (χ2n) is 6.24. The van der Waals surface area contributed by atoms with E-state index in [0.29, 0.717) is 18.3 Å². The lowest BCUT2D eigenvalue weighted by molar-refractivity contribution is 0.357. The Morgan fingerprint density at radius 2 is 1.95 bits per heavy atom. The Hall–Kier alpha value is -2.57. The van der Waals surface area contributed by atoms with Crippen LogP contribution in [0.3, 0.4) is 0 Å². The fourth-order valence-corrected chi connectivity index (χ4v) is 2.23. The molecule has 114 valence electrons. The molecule has 0 bridgehead atoms. The number of hydrogen-bond acceptors (Lipinski definition) is 6. The van der Waals surface area contributed by atoms with Crippen molar-refractivity contribution in [2.24, 2.45) is 0 Å². The highest BCUT2D eigenvalue weighted by Crippen LogP contribution is 2.21. The molecule has 0 amide bonds. The fourth-order valence-electron chi connectivity index (χ4n) is 2.23. The van der Waals surface area contributed by atoms with Crippen molar-refractivity contribution in [3.8, 4) is 11.4 Å². The van der Waals surface area contributed by atoms with Crippen LogP contribution in [-0.4, -0.2) is 30.3 Å². The predicted octanol–water partition coefficient (Wildman–Crippen LogP) is 2.38. The van der Waals surface area contributed by atoms with Crippen LogP contribution >= 0.6 is 0 Å². The van der Waals surface area contributed by atoms with Gasteiger partial charge in [-0.3, -0.25) is 0 Å². The summed E-state index contributed by atoms with van der Waals surface area (Å²) in [5.41, 5.74) is 1.92. The summed E-state index contributed by atoms with van der Waals surface area (Å²) >= 11 is 0. The monoisotopic (exact) mass is 298 g/mol. The Morgan fingerprint density at radius 1 is 1.18 bits per heavy atom. The first-order valence-electron chi connectivity index (χ1n) is 7.10. The number of tetrazole rings is 1. The Morgan fingerprint density at radius 3 is 2.68 bits per heavy atom. The van der Waals surface area contributed by atoms with E-state index in [-0.39, 0.29) is 5.41 Å². The van der Waals surface area contributed by atoms with E-state index < -0.39 is 0 Å². The van der Waals surface area contributed by atoms with Crippen LogP contribution in [0.15, 0.2) is 28.8 Å². The van der Waals surface area contributed by atoms with Crippen LogP contribution in [0, 0.1) is 6.92 Å². The van der Waals surface area contributed by atoms with Gasteiger partial charge in [0.05, 0.1) is 0 Å². The third-order valence-corrected chi connectivity index (χ3v) is 3.34. The Bertz CT molecular complexity index is 783. The van der Waals surface area contributed by atoms with Crippen LogP contribution in [0.25, 0.3) is 11.4 Å². The molecule has 0 N–H and O–H groups in total. The lowest BCUT2D eigenvalue weighted by Gasteiger charge is -2.15. The van der Waals surface area contributed by atoms with Crippen molar-refractivity contribution in [2.45, 2.75) is 39.7 Å². The topological polar surface area (TPSA) is 82.5 Å². The number of aryl methyl sites for hydroxylation is 1. The van der Waals surface area contributed by atoms with Crippen molar-refractivity contribution in [3.05, 3.63) is 41.5 Å². The van der Waals surface area contributed by atoms with Crippen molar-refractivity contribution in [1.82, 2.24) is 30.3 Å². The molecule has 0 spiro atoms. The zero-order valence-corrected chi connectivity index (χ0v) is 13.1. The summed E-state index contributed by atoms with van der Waals surface area (Å²) in [4.78, 5) is 4.45. The van der Waals surface area contributed by atoms with E-state index in [9.17, 15) is 0 Å². The van der Waals surface area contributed by atoms with Crippen LogP contribution in [0.4, 0.5) is 0 Å². The molecule has 0 aliphatic rings. The van der Waals surface area contributed by atoms with E-state index in [1.165, 1.54) is 0 Å². The Labute approximate surface area is 128 Å². The van der Waals surface area contributed by atoms with Gasteiger partial charge in [-0.15, -0.1) is 5.10 Å². The van der Waals surface area contributed by atoms with Gasteiger partial charge in [0, 0.05) is 11.0 Å². The van der Waals surface area contributed by atoms with Crippen LogP contribution < -0.4 is 0 Å². The molecule has 2 heterocycles. The lowest BCUT2D eigenvalue weighted by Crippen LogP contribution is -2.20. The molecule has 3 aromatic rings. The molecule has 0 saturated carbocycles. The third kappa shape index (κ3) is 2.74. The predicted molar refractivity (Wildman–Crippen MR) is 80.1 cm³/mol. The van der Waals surface area contributed by atoms with Gasteiger partial charge in [-0.05, 0) is 22.9 Å². The van der Waals surface area contributed by atoms with Gasteiger partial charge in [-0.25, -0.2) is 4.68 Å². The molecule has 1 aromatic carbocycles. The minimum Gasteiger partial charge on any atom is -0.337 e. The van der Waals surface area contributed by atoms with Crippen LogP contribution in [0.5, 0.6) is 0 Å². The van der Waals surface area contributed by atoms with Gasteiger partial charge in [-0.1, -0.05) is 50.2 Å². The van der Waals surface area contributed by atoms with E-state index >= 15 is 0 Å². The maximum Gasteiger partial charge on any atom is 0.248 e. The third-order valence-electron chi connectivity index (χ3n) is 3.34. The maximum absolute atomic E-state index is 5.34. The largest absolute Gasteiger partial charge is 0.337 e. The molecule has 0 aliphatic carbocycles. The summed E-state index contributed by atoms with van der Waals surface area (Å²) in [7, 11) is 0. The van der Waals surface area contributed by atoms with Crippen LogP contribution in [0.2, 0.25) is 0 Å². The average Bonchev–Trinajstić information content (AvgIpc) is 3.08. The standard InChI is InChI=1S/C15H18N6O/c1-10-7-5-6-8-11(10)13-16-12(22-18-13)9-21-14(15(2,3)4)17-19-20-21/h5-8H,9H2,1-4H3. The van der Waals surface area contributed by atoms with Gasteiger partial charge in [0.1, 0.15) is 6.54 Å². The Balaban J connectivity index is 1.87. The smallest absolute Gasteiger partial charge is 0.248 e. The summed E-state index contributed by atoms with van der Waals surface area (Å²) in [6.07, 6.45) is 0. The molecule has 7 nitrogen and oxygen atoms in total. The average molecular weight is 298 g/mol. The fraction of sp³-hybridized carbons (Fsp3) is 0.400. The Kier molecular flexibility index (Phi) is 3.48. The normalized spacial score (nSPS) is 11.8. The molecule has 0 saturated heterocycles. The van der Waals surface area contributed by atoms with Crippen molar-refractivity contribution >= 4 is 0 Å². The van der Waals surface area contributed by atoms with Crippen molar-refractivity contribution in [2.75, 3.05) is 0 Å². The highest BCUT2D eigenvalue weighted by Gasteiger charge is 2.23. The van der Waals surface area contributed by atoms with Gasteiger partial charge in [0.15, 0.2) is 5.82 Å². The first-order valence-corrected chi connectivity index (χ1v) is 7.10. The van der Waals surface area contributed by atoms with E-state index in [2.05, 4.69) is 46.4 Å². The van der Waals surface area contributed by atoms with Crippen molar-refractivity contribution < 1.29 is 4.52 Å². The highest BCUT2D eigenvalue weighted by atomic mass is 16.5. The second-order valence-corrected chi connectivity index (χ2v) is 6.24. The first kappa shape index (κ1) is 14.4. The summed E-state index contributed by atoms with van der Waals surface area (Å²) < 4.78 is 7.03. The van der Waals surface area contributed by atoms with E-state index in [4.69, 9.17) is 4.52 Å². The summed E-state index contributed by atoms with van der Waals surface area (Å²) in [5, 5.41) is 15.9. The van der Waals surface area contributed by atoms with E-state index in [1.807, 2.05) is 31.2 Å². The molecule has 0 radical (unpaired) electrons. The quantitative estimate of drug-likeness (QED) is 0.738. The second kappa shape index (κ2) is 5.32. The van der Waals surface area contributed by atoms with E-state index in [0.717, 1.165) is 17.0 Å². The van der Waals surface area contributed by atoms with Crippen LogP contribution in [-0.2, 0) is 12.0 Å². The minimum absolute atomic E-state index is 0.150.